The van der Waals surface area contributed by atoms with E-state index in [0.29, 0.717) is 6.42 Å². The molecule has 17 nitrogen and oxygen atoms in total. The average molecular weight is 572 g/mol. The van der Waals surface area contributed by atoms with Gasteiger partial charge in [0, 0.05) is 6.42 Å². The molecule has 3 rings (SSSR count). The number of carbonyl (C=O) groups is 1. The first kappa shape index (κ1) is 32.4. The van der Waals surface area contributed by atoms with E-state index in [9.17, 15) is 40.5 Å². The molecular weight excluding hydrogens is 530 g/mol. The second-order valence-corrected chi connectivity index (χ2v) is 9.81. The third-order valence-electron chi connectivity index (χ3n) is 7.03. The van der Waals surface area contributed by atoms with Crippen LogP contribution in [0, 0.1) is 0 Å². The van der Waals surface area contributed by atoms with E-state index in [1.165, 1.54) is 0 Å². The van der Waals surface area contributed by atoms with Crippen molar-refractivity contribution in [3.05, 3.63) is 0 Å². The smallest absolute Gasteiger partial charge is 0.306 e. The van der Waals surface area contributed by atoms with Crippen LogP contribution in [0.15, 0.2) is 0 Å². The zero-order chi connectivity index (χ0) is 29.0. The lowest BCUT2D eigenvalue weighted by Crippen LogP contribution is -2.69. The van der Waals surface area contributed by atoms with Crippen molar-refractivity contribution >= 4 is 5.97 Å². The van der Waals surface area contributed by atoms with E-state index in [2.05, 4.69) is 0 Å². The minimum atomic E-state index is -1.59. The Bertz CT molecular complexity index is 780. The second kappa shape index (κ2) is 14.2. The molecule has 17 heteroatoms. The number of ether oxygens (including phenoxy) is 6. The van der Waals surface area contributed by atoms with E-state index >= 15 is 0 Å². The molecule has 3 aliphatic heterocycles. The Morgan fingerprint density at radius 1 is 0.692 bits per heavy atom. The average Bonchev–Trinajstić information content (AvgIpc) is 2.92. The predicted octanol–water partition coefficient (Wildman–Crippen LogP) is -6.32. The van der Waals surface area contributed by atoms with E-state index in [-0.39, 0.29) is 6.42 Å². The Balaban J connectivity index is 1.77. The van der Waals surface area contributed by atoms with Gasteiger partial charge in [0.05, 0.1) is 37.9 Å². The zero-order valence-electron chi connectivity index (χ0n) is 21.4. The monoisotopic (exact) mass is 571 g/mol. The second-order valence-electron chi connectivity index (χ2n) is 9.81. The van der Waals surface area contributed by atoms with Crippen LogP contribution < -0.4 is 17.2 Å². The molecule has 0 aliphatic carbocycles. The first-order valence-corrected chi connectivity index (χ1v) is 12.8. The first-order chi connectivity index (χ1) is 18.5. The maximum absolute atomic E-state index is 12.2. The van der Waals surface area contributed by atoms with Crippen LogP contribution in [-0.2, 0) is 33.2 Å². The van der Waals surface area contributed by atoms with Crippen LogP contribution >= 0.6 is 0 Å². The summed E-state index contributed by atoms with van der Waals surface area (Å²) >= 11 is 0. The molecule has 0 radical (unpaired) electrons. The number of aliphatic hydroxyl groups excluding tert-OH is 7. The van der Waals surface area contributed by atoms with Gasteiger partial charge in [0.25, 0.3) is 0 Å². The summed E-state index contributed by atoms with van der Waals surface area (Å²) in [6.07, 6.45) is -16.3. The van der Waals surface area contributed by atoms with Crippen LogP contribution in [0.2, 0.25) is 0 Å². The highest BCUT2D eigenvalue weighted by atomic mass is 16.7. The largest absolute Gasteiger partial charge is 0.458 e. The number of esters is 1. The topological polar surface area (TPSA) is 292 Å². The molecule has 0 saturated carbocycles. The van der Waals surface area contributed by atoms with E-state index in [1.807, 2.05) is 0 Å². The van der Waals surface area contributed by atoms with Crippen molar-refractivity contribution in [3.63, 3.8) is 0 Å². The molecule has 3 saturated heterocycles. The van der Waals surface area contributed by atoms with E-state index in [0.717, 1.165) is 0 Å². The van der Waals surface area contributed by atoms with Gasteiger partial charge in [-0.15, -0.1) is 0 Å². The third kappa shape index (κ3) is 7.03. The quantitative estimate of drug-likeness (QED) is 0.109. The Morgan fingerprint density at radius 3 is 1.77 bits per heavy atom. The number of nitrogens with two attached hydrogens (primary N) is 3. The molecule has 3 heterocycles. The fourth-order valence-corrected chi connectivity index (χ4v) is 4.73. The van der Waals surface area contributed by atoms with Crippen LogP contribution in [0.4, 0.5) is 0 Å². The lowest BCUT2D eigenvalue weighted by molar-refractivity contribution is -0.348. The Kier molecular flexibility index (Phi) is 11.8. The minimum absolute atomic E-state index is 0.0503. The van der Waals surface area contributed by atoms with Crippen LogP contribution in [0.25, 0.3) is 0 Å². The maximum atomic E-state index is 12.2. The van der Waals surface area contributed by atoms with Gasteiger partial charge in [0.15, 0.2) is 25.0 Å². The molecule has 0 bridgehead atoms. The van der Waals surface area contributed by atoms with Gasteiger partial charge in [-0.1, -0.05) is 6.92 Å². The highest BCUT2D eigenvalue weighted by Crippen LogP contribution is 2.32. The van der Waals surface area contributed by atoms with Crippen molar-refractivity contribution in [2.45, 2.75) is 112 Å². The van der Waals surface area contributed by atoms with Gasteiger partial charge in [-0.05, 0) is 6.42 Å². The summed E-state index contributed by atoms with van der Waals surface area (Å²) in [5.41, 5.74) is 18.1. The Hall–Kier alpha value is -1.13. The van der Waals surface area contributed by atoms with Crippen molar-refractivity contribution in [3.8, 4) is 0 Å². The molecule has 0 amide bonds. The summed E-state index contributed by atoms with van der Waals surface area (Å²) in [4.78, 5) is 12.2. The highest BCUT2D eigenvalue weighted by Gasteiger charge is 2.53. The minimum Gasteiger partial charge on any atom is -0.458 e. The van der Waals surface area contributed by atoms with Crippen molar-refractivity contribution in [1.29, 1.82) is 0 Å². The van der Waals surface area contributed by atoms with Crippen molar-refractivity contribution in [2.75, 3.05) is 19.8 Å². The Labute approximate surface area is 224 Å². The first-order valence-electron chi connectivity index (χ1n) is 12.8. The molecule has 3 fully saturated rings. The van der Waals surface area contributed by atoms with Crippen LogP contribution in [0.1, 0.15) is 19.8 Å². The van der Waals surface area contributed by atoms with Crippen LogP contribution in [-0.4, -0.2) is 153 Å². The molecule has 15 atom stereocenters. The predicted molar refractivity (Wildman–Crippen MR) is 126 cm³/mol. The van der Waals surface area contributed by atoms with Crippen molar-refractivity contribution in [2.24, 2.45) is 17.2 Å². The van der Waals surface area contributed by atoms with Gasteiger partial charge in [-0.2, -0.15) is 0 Å². The molecule has 2 unspecified atom stereocenters. The highest BCUT2D eigenvalue weighted by molar-refractivity contribution is 5.69. The number of rotatable bonds is 10. The van der Waals surface area contributed by atoms with E-state index < -0.39 is 118 Å². The van der Waals surface area contributed by atoms with Gasteiger partial charge in [-0.3, -0.25) is 4.79 Å². The van der Waals surface area contributed by atoms with Gasteiger partial charge in [0.1, 0.15) is 48.8 Å². The van der Waals surface area contributed by atoms with Crippen molar-refractivity contribution in [1.82, 2.24) is 0 Å². The number of hydrogen-bond donors (Lipinski definition) is 10. The van der Waals surface area contributed by atoms with Crippen LogP contribution in [0.5, 0.6) is 0 Å². The standard InChI is InChI=1S/C22H41N3O14/c1-2-3-10(29)37-19-13(25)20(33)34-9(6-28)18(19)39-22-12(24)16(32)17(8(5-27)36-22)38-21-11(23)15(31)14(30)7(4-26)35-21/h7-9,11-22,26-28,30-33H,2-6,23-25H2,1H3/t7-,8-,9-,11-,12-,13-,14-,15-,16-,17?,18?,19-,20-,21+,22+/m1/s1. The summed E-state index contributed by atoms with van der Waals surface area (Å²) in [6.45, 7) is -0.300. The Morgan fingerprint density at radius 2 is 1.21 bits per heavy atom. The normalized spacial score (nSPS) is 47.1. The summed E-state index contributed by atoms with van der Waals surface area (Å²) in [5.74, 6) is -0.634. The molecule has 3 aliphatic rings. The third-order valence-corrected chi connectivity index (χ3v) is 7.03. The molecule has 0 aromatic heterocycles. The van der Waals surface area contributed by atoms with Gasteiger partial charge < -0.3 is 81.4 Å². The summed E-state index contributed by atoms with van der Waals surface area (Å²) in [5, 5.41) is 70.6. The molecular formula is C22H41N3O14. The fourth-order valence-electron chi connectivity index (χ4n) is 4.73. The SMILES string of the molecule is CCCC(=O)O[C@H]1C(O[C@@H]2O[C@H](CO)C(O[C@@H]3O[C@H](CO)[C@@H](O)[C@H](O)[C@H]3N)[C@H](O)[C@H]2N)[C@@H](CO)O[C@@H](O)[C@@H]1N. The lowest BCUT2D eigenvalue weighted by atomic mass is 9.94. The van der Waals surface area contributed by atoms with Gasteiger partial charge in [-0.25, -0.2) is 0 Å². The van der Waals surface area contributed by atoms with Crippen LogP contribution in [0.3, 0.4) is 0 Å². The molecule has 39 heavy (non-hydrogen) atoms. The number of carbonyl (C=O) groups excluding carboxylic acids is 1. The van der Waals surface area contributed by atoms with E-state index in [4.69, 9.17) is 45.6 Å². The zero-order valence-corrected chi connectivity index (χ0v) is 21.4. The van der Waals surface area contributed by atoms with Gasteiger partial charge >= 0.3 is 5.97 Å². The van der Waals surface area contributed by atoms with Crippen molar-refractivity contribution < 1.29 is 69.0 Å². The molecule has 13 N–H and O–H groups in total. The van der Waals surface area contributed by atoms with E-state index in [1.54, 1.807) is 6.92 Å². The summed E-state index contributed by atoms with van der Waals surface area (Å²) in [7, 11) is 0. The van der Waals surface area contributed by atoms with Gasteiger partial charge in [0.2, 0.25) is 0 Å². The fraction of sp³-hybridized carbons (Fsp3) is 0.955. The maximum Gasteiger partial charge on any atom is 0.306 e. The molecule has 0 aromatic carbocycles. The number of aliphatic hydroxyl groups is 7. The molecule has 0 aromatic rings. The summed E-state index contributed by atoms with van der Waals surface area (Å²) < 4.78 is 33.5. The number of hydrogen-bond acceptors (Lipinski definition) is 17. The molecule has 0 spiro atoms. The lowest BCUT2D eigenvalue weighted by Gasteiger charge is -2.48. The summed E-state index contributed by atoms with van der Waals surface area (Å²) in [6, 6.07) is -3.92. The molecule has 228 valence electrons.